The number of ether oxygens (including phenoxy) is 6. The van der Waals surface area contributed by atoms with Crippen LogP contribution >= 0.6 is 11.6 Å². The topological polar surface area (TPSA) is 186 Å². The summed E-state index contributed by atoms with van der Waals surface area (Å²) < 4.78 is 33.8. The average molecular weight is 708 g/mol. The van der Waals surface area contributed by atoms with Crippen LogP contribution in [-0.4, -0.2) is 85.0 Å². The standard InChI is InChI=1S/C35H34ClN3O11/c1-16(40)46-29-30(47-17(2)41)32(48-18(3)42)35(50-31(29)34(44)45-4)49-27-13-26-28(23-8-6-5-7-22(23)27)20(14-36)15-39(26)33(43)25-12-19-11-21(37)9-10-24(19)38-25/h5-13,20,29-32,35,38H,14-15,37H2,1-4H3/t20-,29-,30+,31+,32+,35+/m1/s1. The van der Waals surface area contributed by atoms with E-state index in [-0.39, 0.29) is 30.0 Å². The number of aromatic amines is 1. The van der Waals surface area contributed by atoms with Crippen LogP contribution in [0.3, 0.4) is 0 Å². The first-order valence-electron chi connectivity index (χ1n) is 15.6. The Labute approximate surface area is 290 Å². The Bertz CT molecular complexity index is 2010. The molecular formula is C35H34ClN3O11. The van der Waals surface area contributed by atoms with Crippen LogP contribution in [0.1, 0.15) is 42.7 Å². The van der Waals surface area contributed by atoms with Crippen molar-refractivity contribution in [2.24, 2.45) is 0 Å². The molecule has 3 heterocycles. The van der Waals surface area contributed by atoms with Gasteiger partial charge in [0.15, 0.2) is 18.3 Å². The SMILES string of the molecule is COC(=O)[C@H]1O[C@H](Oc2cc3c(c4ccccc24)[C@H](CCl)CN3C(=O)c2cc3cc(N)ccc3[nH]2)[C@@H](OC(C)=O)[C@@H](OC(C)=O)[C@H]1OC(C)=O. The maximum absolute atomic E-state index is 14.1. The number of nitrogen functional groups attached to an aromatic ring is 1. The van der Waals surface area contributed by atoms with Gasteiger partial charge in [-0.05, 0) is 35.2 Å². The summed E-state index contributed by atoms with van der Waals surface area (Å²) in [4.78, 5) is 68.6. The van der Waals surface area contributed by atoms with Gasteiger partial charge in [-0.25, -0.2) is 4.79 Å². The number of anilines is 2. The van der Waals surface area contributed by atoms with Crippen molar-refractivity contribution in [3.05, 3.63) is 65.9 Å². The zero-order valence-corrected chi connectivity index (χ0v) is 28.2. The average Bonchev–Trinajstić information content (AvgIpc) is 3.67. The number of amides is 1. The Hall–Kier alpha value is -5.34. The van der Waals surface area contributed by atoms with E-state index in [2.05, 4.69) is 4.98 Å². The van der Waals surface area contributed by atoms with Crippen molar-refractivity contribution in [2.75, 3.05) is 30.2 Å². The van der Waals surface area contributed by atoms with E-state index < -0.39 is 54.6 Å². The number of benzene rings is 3. The summed E-state index contributed by atoms with van der Waals surface area (Å²) in [7, 11) is 1.10. The van der Waals surface area contributed by atoms with E-state index in [0.717, 1.165) is 49.7 Å². The zero-order valence-electron chi connectivity index (χ0n) is 27.5. The maximum Gasteiger partial charge on any atom is 0.339 e. The van der Waals surface area contributed by atoms with Crippen LogP contribution in [0.15, 0.2) is 54.6 Å². The van der Waals surface area contributed by atoms with Crippen molar-refractivity contribution in [1.82, 2.24) is 4.98 Å². The van der Waals surface area contributed by atoms with Crippen molar-refractivity contribution in [3.63, 3.8) is 0 Å². The first-order chi connectivity index (χ1) is 23.9. The van der Waals surface area contributed by atoms with E-state index in [1.807, 2.05) is 12.1 Å². The molecule has 14 nitrogen and oxygen atoms in total. The van der Waals surface area contributed by atoms with Crippen LogP contribution in [0.5, 0.6) is 5.75 Å². The molecule has 6 rings (SSSR count). The van der Waals surface area contributed by atoms with Crippen LogP contribution in [0.25, 0.3) is 21.7 Å². The van der Waals surface area contributed by atoms with Crippen molar-refractivity contribution < 1.29 is 52.4 Å². The third kappa shape index (κ3) is 6.51. The minimum atomic E-state index is -1.65. The first kappa shape index (κ1) is 34.5. The Morgan fingerprint density at radius 3 is 2.22 bits per heavy atom. The van der Waals surface area contributed by atoms with E-state index in [1.54, 1.807) is 47.4 Å². The third-order valence-electron chi connectivity index (χ3n) is 8.51. The molecule has 4 aromatic rings. The number of nitrogens with two attached hydrogens (primary N) is 1. The van der Waals surface area contributed by atoms with Gasteiger partial charge >= 0.3 is 23.9 Å². The van der Waals surface area contributed by atoms with Crippen molar-refractivity contribution in [1.29, 1.82) is 0 Å². The molecule has 0 radical (unpaired) electrons. The number of fused-ring (bicyclic) bond motifs is 4. The molecular weight excluding hydrogens is 674 g/mol. The second kappa shape index (κ2) is 13.9. The van der Waals surface area contributed by atoms with Gasteiger partial charge < -0.3 is 44.0 Å². The number of esters is 4. The van der Waals surface area contributed by atoms with E-state index in [1.165, 1.54) is 0 Å². The van der Waals surface area contributed by atoms with Crippen LogP contribution in [0, 0.1) is 0 Å². The molecule has 262 valence electrons. The first-order valence-corrected chi connectivity index (χ1v) is 16.2. The molecule has 1 amide bonds. The van der Waals surface area contributed by atoms with Crippen molar-refractivity contribution >= 4 is 74.4 Å². The molecule has 2 aliphatic heterocycles. The van der Waals surface area contributed by atoms with Gasteiger partial charge in [-0.15, -0.1) is 11.6 Å². The van der Waals surface area contributed by atoms with E-state index in [4.69, 9.17) is 45.8 Å². The number of carbonyl (C=O) groups excluding carboxylic acids is 5. The lowest BCUT2D eigenvalue weighted by molar-refractivity contribution is -0.282. The number of H-pyrrole nitrogens is 1. The lowest BCUT2D eigenvalue weighted by atomic mass is 9.95. The predicted molar refractivity (Wildman–Crippen MR) is 180 cm³/mol. The van der Waals surface area contributed by atoms with Crippen LogP contribution in [0.2, 0.25) is 0 Å². The number of halogens is 1. The third-order valence-corrected chi connectivity index (χ3v) is 8.89. The number of rotatable bonds is 8. The molecule has 6 atom stereocenters. The normalized spacial score (nSPS) is 22.9. The molecule has 2 aliphatic rings. The Kier molecular flexibility index (Phi) is 9.58. The summed E-state index contributed by atoms with van der Waals surface area (Å²) in [5.74, 6) is -3.60. The number of aromatic nitrogens is 1. The van der Waals surface area contributed by atoms with Crippen LogP contribution in [0.4, 0.5) is 11.4 Å². The maximum atomic E-state index is 14.1. The van der Waals surface area contributed by atoms with Gasteiger partial charge in [0, 0.05) is 67.2 Å². The molecule has 15 heteroatoms. The molecule has 0 aliphatic carbocycles. The number of methoxy groups -OCH3 is 1. The summed E-state index contributed by atoms with van der Waals surface area (Å²) in [5.41, 5.74) is 8.90. The van der Waals surface area contributed by atoms with Gasteiger partial charge in [0.2, 0.25) is 12.4 Å². The lowest BCUT2D eigenvalue weighted by Crippen LogP contribution is -2.64. The molecule has 0 unspecified atom stereocenters. The van der Waals surface area contributed by atoms with Gasteiger partial charge in [0.05, 0.1) is 12.8 Å². The number of alkyl halides is 1. The fourth-order valence-electron chi connectivity index (χ4n) is 6.54. The van der Waals surface area contributed by atoms with Gasteiger partial charge in [0.25, 0.3) is 5.91 Å². The minimum absolute atomic E-state index is 0.176. The quantitative estimate of drug-likeness (QED) is 0.116. The minimum Gasteiger partial charge on any atom is -0.467 e. The number of nitrogens with one attached hydrogen (secondary N) is 1. The predicted octanol–water partition coefficient (Wildman–Crippen LogP) is 3.96. The molecule has 1 fully saturated rings. The van der Waals surface area contributed by atoms with Gasteiger partial charge in [-0.1, -0.05) is 24.3 Å². The molecule has 3 N–H and O–H groups in total. The largest absolute Gasteiger partial charge is 0.467 e. The highest BCUT2D eigenvalue weighted by atomic mass is 35.5. The lowest BCUT2D eigenvalue weighted by Gasteiger charge is -2.43. The zero-order chi connectivity index (χ0) is 35.9. The Morgan fingerprint density at radius 1 is 0.900 bits per heavy atom. The molecule has 0 bridgehead atoms. The summed E-state index contributed by atoms with van der Waals surface area (Å²) >= 11 is 6.48. The molecule has 1 saturated heterocycles. The summed E-state index contributed by atoms with van der Waals surface area (Å²) in [6, 6.07) is 15.9. The summed E-state index contributed by atoms with van der Waals surface area (Å²) in [6.07, 6.45) is -7.89. The van der Waals surface area contributed by atoms with Gasteiger partial charge in [0.1, 0.15) is 11.4 Å². The molecule has 50 heavy (non-hydrogen) atoms. The highest BCUT2D eigenvalue weighted by Gasteiger charge is 2.56. The van der Waals surface area contributed by atoms with Crippen molar-refractivity contribution in [3.8, 4) is 5.75 Å². The van der Waals surface area contributed by atoms with Gasteiger partial charge in [-0.2, -0.15) is 0 Å². The second-order valence-corrected chi connectivity index (χ2v) is 12.2. The van der Waals surface area contributed by atoms with Gasteiger partial charge in [-0.3, -0.25) is 19.2 Å². The van der Waals surface area contributed by atoms with Crippen LogP contribution in [-0.2, 0) is 42.9 Å². The highest BCUT2D eigenvalue weighted by molar-refractivity contribution is 6.19. The summed E-state index contributed by atoms with van der Waals surface area (Å²) in [5, 5.41) is 2.08. The number of hydrogen-bond donors (Lipinski definition) is 2. The molecule has 1 aromatic heterocycles. The van der Waals surface area contributed by atoms with E-state index >= 15 is 0 Å². The monoisotopic (exact) mass is 707 g/mol. The van der Waals surface area contributed by atoms with E-state index in [9.17, 15) is 24.0 Å². The molecule has 0 spiro atoms. The van der Waals surface area contributed by atoms with Crippen LogP contribution < -0.4 is 15.4 Å². The van der Waals surface area contributed by atoms with Crippen molar-refractivity contribution in [2.45, 2.75) is 57.4 Å². The Morgan fingerprint density at radius 2 is 1.56 bits per heavy atom. The molecule has 0 saturated carbocycles. The number of nitrogens with zero attached hydrogens (tertiary/aromatic N) is 1. The second-order valence-electron chi connectivity index (χ2n) is 11.9. The summed E-state index contributed by atoms with van der Waals surface area (Å²) in [6.45, 7) is 3.57. The fraction of sp³-hybridized carbons (Fsp3) is 0.343. The highest BCUT2D eigenvalue weighted by Crippen LogP contribution is 2.47. The smallest absolute Gasteiger partial charge is 0.339 e. The Balaban J connectivity index is 1.46. The molecule has 3 aromatic carbocycles. The van der Waals surface area contributed by atoms with E-state index in [0.29, 0.717) is 22.5 Å². The number of carbonyl (C=O) groups is 5. The number of hydrogen-bond acceptors (Lipinski definition) is 12. The fourth-order valence-corrected chi connectivity index (χ4v) is 6.79.